The van der Waals surface area contributed by atoms with Crippen LogP contribution in [0.1, 0.15) is 13.3 Å². The van der Waals surface area contributed by atoms with Crippen molar-refractivity contribution in [1.82, 2.24) is 0 Å². The average Bonchev–Trinajstić information content (AvgIpc) is 2.72. The van der Waals surface area contributed by atoms with Crippen molar-refractivity contribution in [2.24, 2.45) is 0 Å². The van der Waals surface area contributed by atoms with Gasteiger partial charge in [-0.3, -0.25) is 4.79 Å². The number of hydrogen-bond donors (Lipinski definition) is 3. The van der Waals surface area contributed by atoms with E-state index in [0.717, 1.165) is 16.3 Å². The Labute approximate surface area is 201 Å². The fourth-order valence-electron chi connectivity index (χ4n) is 2.80. The van der Waals surface area contributed by atoms with E-state index in [4.69, 9.17) is 35.4 Å². The number of amides is 1. The minimum absolute atomic E-state index is 0.106. The van der Waals surface area contributed by atoms with Gasteiger partial charge in [-0.15, -0.1) is 11.8 Å². The summed E-state index contributed by atoms with van der Waals surface area (Å²) in [6.07, 6.45) is 0.663. The van der Waals surface area contributed by atoms with E-state index in [1.807, 2.05) is 61.5 Å². The van der Waals surface area contributed by atoms with Crippen LogP contribution in [-0.4, -0.2) is 16.3 Å². The lowest BCUT2D eigenvalue weighted by Crippen LogP contribution is -2.24. The second-order valence-electron chi connectivity index (χ2n) is 6.64. The van der Waals surface area contributed by atoms with Crippen LogP contribution in [0.2, 0.25) is 10.0 Å². The Kier molecular flexibility index (Phi) is 8.60. The molecular formula is C23H21Cl2N3OS2. The molecule has 0 saturated heterocycles. The molecule has 1 atom stereocenters. The third-order valence-electron chi connectivity index (χ3n) is 4.20. The normalized spacial score (nSPS) is 11.5. The van der Waals surface area contributed by atoms with Crippen LogP contribution in [0.5, 0.6) is 0 Å². The molecule has 4 nitrogen and oxygen atoms in total. The molecule has 0 radical (unpaired) electrons. The molecule has 0 heterocycles. The molecule has 0 aliphatic heterocycles. The maximum absolute atomic E-state index is 12.8. The predicted molar refractivity (Wildman–Crippen MR) is 138 cm³/mol. The molecule has 3 N–H and O–H groups in total. The summed E-state index contributed by atoms with van der Waals surface area (Å²) in [6.45, 7) is 1.98. The van der Waals surface area contributed by atoms with Crippen molar-refractivity contribution in [2.75, 3.05) is 16.0 Å². The molecule has 0 bridgehead atoms. The van der Waals surface area contributed by atoms with Crippen LogP contribution >= 0.6 is 47.2 Å². The summed E-state index contributed by atoms with van der Waals surface area (Å²) < 4.78 is 0. The van der Waals surface area contributed by atoms with E-state index in [1.54, 1.807) is 18.2 Å². The second kappa shape index (κ2) is 11.4. The van der Waals surface area contributed by atoms with Crippen molar-refractivity contribution in [1.29, 1.82) is 0 Å². The Bertz CT molecular complexity index is 1040. The third-order valence-corrected chi connectivity index (χ3v) is 6.19. The van der Waals surface area contributed by atoms with Crippen molar-refractivity contribution in [3.63, 3.8) is 0 Å². The van der Waals surface area contributed by atoms with Crippen LogP contribution in [0, 0.1) is 0 Å². The van der Waals surface area contributed by atoms with E-state index in [9.17, 15) is 4.79 Å². The third kappa shape index (κ3) is 7.43. The number of carbonyl (C=O) groups excluding carboxylic acids is 1. The molecular weight excluding hydrogens is 469 g/mol. The number of nitrogens with one attached hydrogen (secondary N) is 3. The zero-order valence-electron chi connectivity index (χ0n) is 16.7. The number of carbonyl (C=O) groups is 1. The molecule has 3 aromatic carbocycles. The first-order valence-corrected chi connectivity index (χ1v) is 11.6. The smallest absolute Gasteiger partial charge is 0.237 e. The molecule has 0 spiro atoms. The highest BCUT2D eigenvalue weighted by Gasteiger charge is 2.18. The van der Waals surface area contributed by atoms with Crippen molar-refractivity contribution in [3.8, 4) is 0 Å². The first-order chi connectivity index (χ1) is 14.9. The van der Waals surface area contributed by atoms with Gasteiger partial charge in [0.1, 0.15) is 0 Å². The standard InChI is InChI=1S/C23H21Cl2N3OS2/c1-2-21(22(29)26-19-12-15(24)11-16(25)13-19)31-20-10-6-9-18(14-20)28-23(30)27-17-7-4-3-5-8-17/h3-14,21H,2H2,1H3,(H,26,29)(H2,27,28,30). The molecule has 0 aromatic heterocycles. The summed E-state index contributed by atoms with van der Waals surface area (Å²) in [7, 11) is 0. The molecule has 160 valence electrons. The van der Waals surface area contributed by atoms with Gasteiger partial charge in [-0.2, -0.15) is 0 Å². The maximum atomic E-state index is 12.8. The molecule has 0 saturated carbocycles. The van der Waals surface area contributed by atoms with Crippen LogP contribution in [0.25, 0.3) is 0 Å². The number of para-hydroxylation sites is 1. The number of halogens is 2. The number of thiocarbonyl (C=S) groups is 1. The topological polar surface area (TPSA) is 53.2 Å². The molecule has 3 rings (SSSR count). The van der Waals surface area contributed by atoms with Crippen molar-refractivity contribution < 1.29 is 4.79 Å². The number of anilines is 3. The summed E-state index contributed by atoms with van der Waals surface area (Å²) in [5.74, 6) is -0.106. The maximum Gasteiger partial charge on any atom is 0.237 e. The van der Waals surface area contributed by atoms with Gasteiger partial charge in [0.2, 0.25) is 5.91 Å². The number of benzene rings is 3. The Morgan fingerprint density at radius 2 is 1.52 bits per heavy atom. The van der Waals surface area contributed by atoms with Crippen molar-refractivity contribution in [2.45, 2.75) is 23.5 Å². The van der Waals surface area contributed by atoms with Crippen molar-refractivity contribution >= 4 is 75.3 Å². The van der Waals surface area contributed by atoms with Crippen LogP contribution in [0.15, 0.2) is 77.7 Å². The van der Waals surface area contributed by atoms with Gasteiger partial charge >= 0.3 is 0 Å². The van der Waals surface area contributed by atoms with Gasteiger partial charge in [0.15, 0.2) is 5.11 Å². The monoisotopic (exact) mass is 489 g/mol. The van der Waals surface area contributed by atoms with Gasteiger partial charge in [0, 0.05) is 32.0 Å². The summed E-state index contributed by atoms with van der Waals surface area (Å²) in [4.78, 5) is 13.7. The quantitative estimate of drug-likeness (QED) is 0.240. The predicted octanol–water partition coefficient (Wildman–Crippen LogP) is 7.31. The van der Waals surface area contributed by atoms with Gasteiger partial charge in [-0.05, 0) is 67.2 Å². The highest BCUT2D eigenvalue weighted by Crippen LogP contribution is 2.29. The Hall–Kier alpha value is -2.25. The van der Waals surface area contributed by atoms with Gasteiger partial charge in [-0.1, -0.05) is 54.4 Å². The molecule has 3 aromatic rings. The zero-order valence-corrected chi connectivity index (χ0v) is 19.8. The Balaban J connectivity index is 1.62. The fraction of sp³-hybridized carbons (Fsp3) is 0.130. The van der Waals surface area contributed by atoms with Crippen molar-refractivity contribution in [3.05, 3.63) is 82.8 Å². The lowest BCUT2D eigenvalue weighted by Gasteiger charge is -2.16. The minimum Gasteiger partial charge on any atom is -0.332 e. The summed E-state index contributed by atoms with van der Waals surface area (Å²) in [5.41, 5.74) is 2.33. The molecule has 8 heteroatoms. The first kappa shape index (κ1) is 23.4. The van der Waals surface area contributed by atoms with Gasteiger partial charge in [-0.25, -0.2) is 0 Å². The van der Waals surface area contributed by atoms with E-state index in [2.05, 4.69) is 16.0 Å². The summed E-state index contributed by atoms with van der Waals surface area (Å²) in [6, 6.07) is 22.5. The SMILES string of the molecule is CCC(Sc1cccc(NC(=S)Nc2ccccc2)c1)C(=O)Nc1cc(Cl)cc(Cl)c1. The van der Waals surface area contributed by atoms with E-state index < -0.39 is 0 Å². The first-order valence-electron chi connectivity index (χ1n) is 9.59. The molecule has 0 fully saturated rings. The van der Waals surface area contributed by atoms with Crippen LogP contribution in [-0.2, 0) is 4.79 Å². The van der Waals surface area contributed by atoms with Gasteiger partial charge in [0.25, 0.3) is 0 Å². The fourth-order valence-corrected chi connectivity index (χ4v) is 4.57. The molecule has 0 aliphatic carbocycles. The van der Waals surface area contributed by atoms with Crippen LogP contribution in [0.3, 0.4) is 0 Å². The van der Waals surface area contributed by atoms with Gasteiger partial charge < -0.3 is 16.0 Å². The lowest BCUT2D eigenvalue weighted by molar-refractivity contribution is -0.115. The minimum atomic E-state index is -0.276. The highest BCUT2D eigenvalue weighted by molar-refractivity contribution is 8.00. The van der Waals surface area contributed by atoms with E-state index in [0.29, 0.717) is 27.3 Å². The van der Waals surface area contributed by atoms with Crippen LogP contribution < -0.4 is 16.0 Å². The molecule has 0 aliphatic rings. The summed E-state index contributed by atoms with van der Waals surface area (Å²) in [5, 5.41) is 10.4. The molecule has 1 unspecified atom stereocenters. The highest BCUT2D eigenvalue weighted by atomic mass is 35.5. The largest absolute Gasteiger partial charge is 0.332 e. The van der Waals surface area contributed by atoms with Crippen LogP contribution in [0.4, 0.5) is 17.1 Å². The summed E-state index contributed by atoms with van der Waals surface area (Å²) >= 11 is 18.9. The average molecular weight is 490 g/mol. The number of rotatable bonds is 7. The lowest BCUT2D eigenvalue weighted by atomic mass is 10.2. The van der Waals surface area contributed by atoms with E-state index in [1.165, 1.54) is 11.8 Å². The molecule has 31 heavy (non-hydrogen) atoms. The van der Waals surface area contributed by atoms with Gasteiger partial charge in [0.05, 0.1) is 5.25 Å². The zero-order chi connectivity index (χ0) is 22.2. The Morgan fingerprint density at radius 1 is 0.871 bits per heavy atom. The Morgan fingerprint density at radius 3 is 2.19 bits per heavy atom. The number of hydrogen-bond acceptors (Lipinski definition) is 3. The van der Waals surface area contributed by atoms with E-state index in [-0.39, 0.29) is 11.2 Å². The van der Waals surface area contributed by atoms with E-state index >= 15 is 0 Å². The molecule has 1 amide bonds. The number of thioether (sulfide) groups is 1. The second-order valence-corrected chi connectivity index (χ2v) is 9.19.